The van der Waals surface area contributed by atoms with E-state index in [-0.39, 0.29) is 24.8 Å². The van der Waals surface area contributed by atoms with Crippen molar-refractivity contribution in [2.45, 2.75) is 20.1 Å². The van der Waals surface area contributed by atoms with Crippen LogP contribution in [0.2, 0.25) is 0 Å². The van der Waals surface area contributed by atoms with Crippen molar-refractivity contribution < 1.29 is 19.1 Å². The number of likely N-dealkylation sites (N-methyl/N-ethyl adjacent to an activating group) is 1. The lowest BCUT2D eigenvalue weighted by Crippen LogP contribution is -2.38. The van der Waals surface area contributed by atoms with Crippen LogP contribution in [0.15, 0.2) is 79.0 Å². The molecule has 0 unspecified atom stereocenters. The lowest BCUT2D eigenvalue weighted by molar-refractivity contribution is -0.121. The third-order valence-electron chi connectivity index (χ3n) is 5.86. The van der Waals surface area contributed by atoms with Gasteiger partial charge < -0.3 is 18.9 Å². The van der Waals surface area contributed by atoms with E-state index in [9.17, 15) is 9.59 Å². The summed E-state index contributed by atoms with van der Waals surface area (Å²) < 4.78 is 13.5. The van der Waals surface area contributed by atoms with E-state index in [0.29, 0.717) is 30.2 Å². The number of hydrogen-bond donors (Lipinski definition) is 0. The molecule has 0 saturated carbocycles. The first-order valence-electron chi connectivity index (χ1n) is 11.0. The number of ketones is 1. The first-order chi connectivity index (χ1) is 16.1. The normalized spacial score (nSPS) is 13.0. The van der Waals surface area contributed by atoms with E-state index in [0.717, 1.165) is 22.2 Å². The van der Waals surface area contributed by atoms with Crippen molar-refractivity contribution in [1.29, 1.82) is 0 Å². The van der Waals surface area contributed by atoms with Crippen LogP contribution in [0.3, 0.4) is 0 Å². The average Bonchev–Trinajstić information content (AvgIpc) is 3.26. The van der Waals surface area contributed by atoms with Gasteiger partial charge in [0.05, 0.1) is 17.7 Å². The summed E-state index contributed by atoms with van der Waals surface area (Å²) in [7, 11) is 0. The molecule has 1 amide bonds. The molecule has 2 heterocycles. The maximum atomic E-state index is 13.1. The molecule has 3 aromatic carbocycles. The van der Waals surface area contributed by atoms with Crippen molar-refractivity contribution in [3.8, 4) is 11.5 Å². The summed E-state index contributed by atoms with van der Waals surface area (Å²) in [5, 5.41) is 0.961. The number of amides is 1. The second kappa shape index (κ2) is 8.82. The van der Waals surface area contributed by atoms with E-state index in [1.165, 1.54) is 0 Å². The molecule has 0 spiro atoms. The Morgan fingerprint density at radius 1 is 1.03 bits per heavy atom. The summed E-state index contributed by atoms with van der Waals surface area (Å²) in [4.78, 5) is 26.9. The Hall–Kier alpha value is -4.06. The SMILES string of the molecule is CCN1C(=O)COc2ccc(C(=O)Cn3ccc4c(OCc5ccccc5)cccc43)cc21. The van der Waals surface area contributed by atoms with Gasteiger partial charge >= 0.3 is 0 Å². The number of anilines is 1. The average molecular weight is 440 g/mol. The topological polar surface area (TPSA) is 60.8 Å². The third kappa shape index (κ3) is 4.07. The van der Waals surface area contributed by atoms with Crippen molar-refractivity contribution in [3.63, 3.8) is 0 Å². The molecule has 4 aromatic rings. The molecule has 166 valence electrons. The van der Waals surface area contributed by atoms with E-state index in [1.54, 1.807) is 23.1 Å². The van der Waals surface area contributed by atoms with Crippen LogP contribution >= 0.6 is 0 Å². The van der Waals surface area contributed by atoms with Crippen LogP contribution in [0.4, 0.5) is 5.69 Å². The summed E-state index contributed by atoms with van der Waals surface area (Å²) >= 11 is 0. The van der Waals surface area contributed by atoms with Crippen molar-refractivity contribution in [3.05, 3.63) is 90.1 Å². The highest BCUT2D eigenvalue weighted by Crippen LogP contribution is 2.33. The number of rotatable bonds is 7. The van der Waals surface area contributed by atoms with Crippen molar-refractivity contribution in [2.75, 3.05) is 18.1 Å². The van der Waals surface area contributed by atoms with E-state index < -0.39 is 0 Å². The van der Waals surface area contributed by atoms with Crippen molar-refractivity contribution in [2.24, 2.45) is 0 Å². The Bertz CT molecular complexity index is 1330. The Labute approximate surface area is 192 Å². The highest BCUT2D eigenvalue weighted by atomic mass is 16.5. The number of fused-ring (bicyclic) bond motifs is 2. The number of nitrogens with zero attached hydrogens (tertiary/aromatic N) is 2. The molecule has 0 N–H and O–H groups in total. The van der Waals surface area contributed by atoms with E-state index in [1.807, 2.05) is 72.3 Å². The van der Waals surface area contributed by atoms with Gasteiger partial charge in [0.25, 0.3) is 5.91 Å². The summed E-state index contributed by atoms with van der Waals surface area (Å²) in [6.07, 6.45) is 1.90. The van der Waals surface area contributed by atoms with Crippen LogP contribution < -0.4 is 14.4 Å². The summed E-state index contributed by atoms with van der Waals surface area (Å²) in [6.45, 7) is 3.13. The van der Waals surface area contributed by atoms with Gasteiger partial charge in [0, 0.05) is 23.7 Å². The zero-order chi connectivity index (χ0) is 22.8. The number of Topliss-reactive ketones (excluding diaryl/α,β-unsaturated/α-hetero) is 1. The van der Waals surface area contributed by atoms with Crippen LogP contribution in [-0.2, 0) is 17.9 Å². The smallest absolute Gasteiger partial charge is 0.265 e. The van der Waals surface area contributed by atoms with Gasteiger partial charge in [-0.1, -0.05) is 36.4 Å². The monoisotopic (exact) mass is 440 g/mol. The van der Waals surface area contributed by atoms with Crippen LogP contribution in [0.25, 0.3) is 10.9 Å². The number of hydrogen-bond acceptors (Lipinski definition) is 4. The van der Waals surface area contributed by atoms with Gasteiger partial charge in [0.15, 0.2) is 12.4 Å². The Morgan fingerprint density at radius 2 is 1.88 bits per heavy atom. The van der Waals surface area contributed by atoms with Gasteiger partial charge in [-0.15, -0.1) is 0 Å². The third-order valence-corrected chi connectivity index (χ3v) is 5.86. The summed E-state index contributed by atoms with van der Waals surface area (Å²) in [5.74, 6) is 1.26. The molecule has 33 heavy (non-hydrogen) atoms. The minimum absolute atomic E-state index is 0.0260. The fourth-order valence-corrected chi connectivity index (χ4v) is 4.16. The molecule has 6 nitrogen and oxygen atoms in total. The van der Waals surface area contributed by atoms with E-state index >= 15 is 0 Å². The molecule has 0 radical (unpaired) electrons. The van der Waals surface area contributed by atoms with Crippen LogP contribution in [-0.4, -0.2) is 29.4 Å². The molecule has 0 saturated heterocycles. The molecule has 0 aliphatic carbocycles. The molecule has 0 atom stereocenters. The zero-order valence-electron chi connectivity index (χ0n) is 18.4. The molecular weight excluding hydrogens is 416 g/mol. The second-order valence-electron chi connectivity index (χ2n) is 7.94. The lowest BCUT2D eigenvalue weighted by Gasteiger charge is -2.28. The minimum atomic E-state index is -0.103. The van der Waals surface area contributed by atoms with Crippen LogP contribution in [0.5, 0.6) is 11.5 Å². The van der Waals surface area contributed by atoms with Crippen molar-refractivity contribution in [1.82, 2.24) is 4.57 Å². The Kier molecular flexibility index (Phi) is 5.57. The summed E-state index contributed by atoms with van der Waals surface area (Å²) in [6, 6.07) is 23.1. The predicted molar refractivity (Wildman–Crippen MR) is 127 cm³/mol. The van der Waals surface area contributed by atoms with E-state index in [4.69, 9.17) is 9.47 Å². The number of carbonyl (C=O) groups is 2. The maximum absolute atomic E-state index is 13.1. The fraction of sp³-hybridized carbons (Fsp3) is 0.185. The quantitative estimate of drug-likeness (QED) is 0.386. The maximum Gasteiger partial charge on any atom is 0.265 e. The van der Waals surface area contributed by atoms with Gasteiger partial charge in [-0.05, 0) is 48.9 Å². The first-order valence-corrected chi connectivity index (χ1v) is 11.0. The highest BCUT2D eigenvalue weighted by molar-refractivity contribution is 6.02. The minimum Gasteiger partial charge on any atom is -0.488 e. The van der Waals surface area contributed by atoms with Crippen LogP contribution in [0, 0.1) is 0 Å². The van der Waals surface area contributed by atoms with Gasteiger partial charge in [-0.2, -0.15) is 0 Å². The zero-order valence-corrected chi connectivity index (χ0v) is 18.4. The van der Waals surface area contributed by atoms with Crippen LogP contribution in [0.1, 0.15) is 22.8 Å². The molecule has 1 aliphatic rings. The first kappa shape index (κ1) is 20.8. The van der Waals surface area contributed by atoms with Gasteiger partial charge in [-0.3, -0.25) is 9.59 Å². The number of benzene rings is 3. The number of carbonyl (C=O) groups excluding carboxylic acids is 2. The van der Waals surface area contributed by atoms with E-state index in [2.05, 4.69) is 0 Å². The molecule has 0 bridgehead atoms. The molecule has 5 rings (SSSR count). The fourth-order valence-electron chi connectivity index (χ4n) is 4.16. The summed E-state index contributed by atoms with van der Waals surface area (Å²) in [5.41, 5.74) is 3.22. The highest BCUT2D eigenvalue weighted by Gasteiger charge is 2.25. The standard InChI is InChI=1S/C27H24N2O4/c1-2-29-23-15-20(11-12-26(23)33-18-27(29)31)24(30)16-28-14-13-21-22(28)9-6-10-25(21)32-17-19-7-4-3-5-8-19/h3-15H,2,16-18H2,1H3. The second-order valence-corrected chi connectivity index (χ2v) is 7.94. The molecular formula is C27H24N2O4. The lowest BCUT2D eigenvalue weighted by atomic mass is 10.1. The van der Waals surface area contributed by atoms with Gasteiger partial charge in [0.2, 0.25) is 0 Å². The molecule has 0 fully saturated rings. The molecule has 1 aromatic heterocycles. The number of ether oxygens (including phenoxy) is 2. The predicted octanol–water partition coefficient (Wildman–Crippen LogP) is 4.85. The largest absolute Gasteiger partial charge is 0.488 e. The molecule has 6 heteroatoms. The van der Waals surface area contributed by atoms with Gasteiger partial charge in [0.1, 0.15) is 18.1 Å². The molecule has 1 aliphatic heterocycles. The Balaban J connectivity index is 1.37. The van der Waals surface area contributed by atoms with Gasteiger partial charge in [-0.25, -0.2) is 0 Å². The Morgan fingerprint density at radius 3 is 2.70 bits per heavy atom. The van der Waals surface area contributed by atoms with Crippen molar-refractivity contribution >= 4 is 28.3 Å². The number of aromatic nitrogens is 1.